The van der Waals surface area contributed by atoms with Gasteiger partial charge >= 0.3 is 5.97 Å². The third-order valence-electron chi connectivity index (χ3n) is 3.81. The number of carbonyl (C=O) groups excluding carboxylic acids is 1. The molecular formula is C23H25Br2N3O3. The summed E-state index contributed by atoms with van der Waals surface area (Å²) < 4.78 is 0. The number of alkyl halides is 2. The van der Waals surface area contributed by atoms with Gasteiger partial charge in [-0.3, -0.25) is 9.59 Å². The Hall–Kier alpha value is -2.68. The summed E-state index contributed by atoms with van der Waals surface area (Å²) in [6, 6.07) is 10.8. The van der Waals surface area contributed by atoms with Gasteiger partial charge in [-0.2, -0.15) is 0 Å². The van der Waals surface area contributed by atoms with Gasteiger partial charge in [-0.1, -0.05) is 56.1 Å². The Morgan fingerprint density at radius 3 is 1.84 bits per heavy atom. The van der Waals surface area contributed by atoms with Gasteiger partial charge in [0.05, 0.1) is 19.6 Å². The Bertz CT molecular complexity index is 964. The van der Waals surface area contributed by atoms with Crippen molar-refractivity contribution in [2.75, 3.05) is 16.4 Å². The molecule has 6 nitrogen and oxygen atoms in total. The molecule has 164 valence electrons. The molecule has 0 saturated carbocycles. The van der Waals surface area contributed by atoms with E-state index in [-0.39, 0.29) is 12.2 Å². The van der Waals surface area contributed by atoms with Gasteiger partial charge in [-0.25, -0.2) is 9.69 Å². The van der Waals surface area contributed by atoms with Crippen molar-refractivity contribution in [1.29, 1.82) is 0 Å². The zero-order chi connectivity index (χ0) is 23.8. The van der Waals surface area contributed by atoms with Crippen LogP contribution in [0, 0.1) is 27.0 Å². The zero-order valence-corrected chi connectivity index (χ0v) is 20.7. The molecule has 2 rings (SSSR count). The van der Waals surface area contributed by atoms with Crippen molar-refractivity contribution in [2.24, 2.45) is 0 Å². The molecule has 0 amide bonds. The van der Waals surface area contributed by atoms with Crippen LogP contribution in [0.3, 0.4) is 0 Å². The van der Waals surface area contributed by atoms with E-state index in [0.29, 0.717) is 40.6 Å². The number of benzene rings is 2. The molecule has 8 heteroatoms. The third kappa shape index (κ3) is 12.6. The topological polar surface area (TPSA) is 89.1 Å². The summed E-state index contributed by atoms with van der Waals surface area (Å²) in [6.07, 6.45) is 1.23. The number of nitrogens with two attached hydrogens (primary N) is 1. The molecule has 0 bridgehead atoms. The summed E-state index contributed by atoms with van der Waals surface area (Å²) in [5.74, 6) is -0.534. The number of aliphatic carboxylic acids is 1. The molecule has 0 spiro atoms. The Balaban J connectivity index is 0.000000484. The first kappa shape index (κ1) is 28.3. The van der Waals surface area contributed by atoms with E-state index in [1.165, 1.54) is 0 Å². The van der Waals surface area contributed by atoms with Gasteiger partial charge in [0.15, 0.2) is 11.4 Å². The maximum absolute atomic E-state index is 11.4. The maximum atomic E-state index is 11.4. The van der Waals surface area contributed by atoms with Crippen LogP contribution >= 0.6 is 31.9 Å². The Kier molecular flexibility index (Phi) is 14.7. The summed E-state index contributed by atoms with van der Waals surface area (Å²) in [5.41, 5.74) is 10.4. The van der Waals surface area contributed by atoms with E-state index >= 15 is 0 Å². The van der Waals surface area contributed by atoms with E-state index in [2.05, 4.69) is 41.5 Å². The van der Waals surface area contributed by atoms with E-state index in [4.69, 9.17) is 24.0 Å². The van der Waals surface area contributed by atoms with Crippen LogP contribution in [0.25, 0.3) is 9.69 Å². The van der Waals surface area contributed by atoms with E-state index in [9.17, 15) is 9.59 Å². The largest absolute Gasteiger partial charge is 0.481 e. The summed E-state index contributed by atoms with van der Waals surface area (Å²) >= 11 is 6.21. The number of halogens is 2. The second-order valence-electron chi connectivity index (χ2n) is 6.38. The Morgan fingerprint density at radius 2 is 1.45 bits per heavy atom. The van der Waals surface area contributed by atoms with E-state index in [1.54, 1.807) is 24.3 Å². The predicted molar refractivity (Wildman–Crippen MR) is 132 cm³/mol. The van der Waals surface area contributed by atoms with Gasteiger partial charge in [-0.15, -0.1) is 0 Å². The summed E-state index contributed by atoms with van der Waals surface area (Å²) in [6.45, 7) is 17.4. The predicted octanol–water partition coefficient (Wildman–Crippen LogP) is 6.43. The number of hydrogen-bond donors (Lipinski definition) is 2. The standard InChI is InChI=1S/C12H12BrNO.C8H8N2.C3H5BrO2/c1-9-7-10(3-4-12(9)14-2)8-11(15)5-6-13;1-6-5-7(9)3-4-8(6)10-2;4-2-1-3(5)6/h3-4,7H,5-6,8H2,1H3;3-5H,9H2,1H3;1-2H2,(H,5,6). The normalized spacial score (nSPS) is 9.10. The SMILES string of the molecule is O=C(O)CCBr.[C-]#[N+]c1ccc(CC(=O)CCBr)cc1C.[C-]#[N+]c1ccc(N)cc1C. The number of carboxylic acid groups (broad SMARTS) is 1. The van der Waals surface area contributed by atoms with Crippen LogP contribution in [0.5, 0.6) is 0 Å². The van der Waals surface area contributed by atoms with Crippen LogP contribution in [0.4, 0.5) is 17.1 Å². The molecule has 0 saturated heterocycles. The lowest BCUT2D eigenvalue weighted by Gasteiger charge is -2.02. The molecule has 0 aliphatic rings. The number of Topliss-reactive ketones (excluding diaryl/α,β-unsaturated/α-hetero) is 1. The van der Waals surface area contributed by atoms with Crippen molar-refractivity contribution in [3.63, 3.8) is 0 Å². The summed E-state index contributed by atoms with van der Waals surface area (Å²) in [4.78, 5) is 27.6. The van der Waals surface area contributed by atoms with Crippen molar-refractivity contribution < 1.29 is 14.7 Å². The number of anilines is 1. The number of nitrogen functional groups attached to an aromatic ring is 1. The van der Waals surface area contributed by atoms with Gasteiger partial charge in [0.1, 0.15) is 5.78 Å². The molecule has 0 unspecified atom stereocenters. The number of nitrogens with zero attached hydrogens (tertiary/aromatic N) is 2. The minimum absolute atomic E-state index is 0.208. The van der Waals surface area contributed by atoms with Gasteiger partial charge in [0, 0.05) is 29.2 Å². The Labute approximate surface area is 200 Å². The fraction of sp³-hybridized carbons (Fsp3) is 0.304. The van der Waals surface area contributed by atoms with Crippen molar-refractivity contribution in [3.8, 4) is 0 Å². The first-order valence-corrected chi connectivity index (χ1v) is 11.5. The van der Waals surface area contributed by atoms with Crippen molar-refractivity contribution in [2.45, 2.75) is 33.1 Å². The minimum atomic E-state index is -0.758. The number of hydrogen-bond acceptors (Lipinski definition) is 3. The molecule has 0 radical (unpaired) electrons. The van der Waals surface area contributed by atoms with Gasteiger partial charge < -0.3 is 10.8 Å². The smallest absolute Gasteiger partial charge is 0.304 e. The highest BCUT2D eigenvalue weighted by molar-refractivity contribution is 9.09. The second-order valence-corrected chi connectivity index (χ2v) is 7.96. The van der Waals surface area contributed by atoms with E-state index in [0.717, 1.165) is 16.7 Å². The summed E-state index contributed by atoms with van der Waals surface area (Å²) in [5, 5.41) is 9.14. The van der Waals surface area contributed by atoms with Crippen molar-refractivity contribution in [3.05, 3.63) is 75.9 Å². The molecule has 3 N–H and O–H groups in total. The maximum Gasteiger partial charge on any atom is 0.304 e. The van der Waals surface area contributed by atoms with E-state index < -0.39 is 5.97 Å². The van der Waals surface area contributed by atoms with Gasteiger partial charge in [0.2, 0.25) is 0 Å². The first-order valence-electron chi connectivity index (χ1n) is 9.24. The minimum Gasteiger partial charge on any atom is -0.481 e. The van der Waals surface area contributed by atoms with Crippen LogP contribution in [0.15, 0.2) is 36.4 Å². The molecule has 0 aromatic heterocycles. The fourth-order valence-corrected chi connectivity index (χ4v) is 3.04. The zero-order valence-electron chi connectivity index (χ0n) is 17.5. The molecular weight excluding hydrogens is 526 g/mol. The van der Waals surface area contributed by atoms with Crippen LogP contribution in [-0.4, -0.2) is 27.5 Å². The highest BCUT2D eigenvalue weighted by Gasteiger charge is 2.04. The quantitative estimate of drug-likeness (QED) is 0.246. The van der Waals surface area contributed by atoms with Crippen molar-refractivity contribution in [1.82, 2.24) is 0 Å². The molecule has 0 heterocycles. The summed E-state index contributed by atoms with van der Waals surface area (Å²) in [7, 11) is 0. The number of rotatable bonds is 6. The number of aryl methyl sites for hydroxylation is 2. The molecule has 0 aliphatic carbocycles. The number of carbonyl (C=O) groups is 2. The van der Waals surface area contributed by atoms with Gasteiger partial charge in [0.25, 0.3) is 0 Å². The molecule has 0 aliphatic heterocycles. The lowest BCUT2D eigenvalue weighted by atomic mass is 10.0. The average molecular weight is 551 g/mol. The van der Waals surface area contributed by atoms with Crippen LogP contribution in [0.2, 0.25) is 0 Å². The first-order chi connectivity index (χ1) is 14.7. The third-order valence-corrected chi connectivity index (χ3v) is 4.60. The van der Waals surface area contributed by atoms with E-state index in [1.807, 2.05) is 26.0 Å². The highest BCUT2D eigenvalue weighted by Crippen LogP contribution is 2.20. The Morgan fingerprint density at radius 1 is 0.935 bits per heavy atom. The molecule has 0 atom stereocenters. The van der Waals surface area contributed by atoms with Crippen molar-refractivity contribution >= 4 is 60.7 Å². The van der Waals surface area contributed by atoms with Crippen LogP contribution in [0.1, 0.15) is 29.5 Å². The second kappa shape index (κ2) is 16.1. The fourth-order valence-electron chi connectivity index (χ4n) is 2.26. The highest BCUT2D eigenvalue weighted by atomic mass is 79.9. The molecule has 0 fully saturated rings. The lowest BCUT2D eigenvalue weighted by molar-refractivity contribution is -0.136. The molecule has 2 aromatic carbocycles. The molecule has 2 aromatic rings. The lowest BCUT2D eigenvalue weighted by Crippen LogP contribution is -2.02. The number of carboxylic acids is 1. The monoisotopic (exact) mass is 549 g/mol. The number of ketones is 1. The van der Waals surface area contributed by atoms with Gasteiger partial charge in [-0.05, 0) is 42.7 Å². The molecule has 31 heavy (non-hydrogen) atoms. The average Bonchev–Trinajstić information content (AvgIpc) is 2.69. The van der Waals surface area contributed by atoms with Crippen LogP contribution in [-0.2, 0) is 16.0 Å². The van der Waals surface area contributed by atoms with Crippen LogP contribution < -0.4 is 5.73 Å².